The van der Waals surface area contributed by atoms with Crippen LogP contribution in [-0.4, -0.2) is 30.0 Å². The zero-order valence-electron chi connectivity index (χ0n) is 13.6. The van der Waals surface area contributed by atoms with Gasteiger partial charge in [0, 0.05) is 43.5 Å². The lowest BCUT2D eigenvalue weighted by molar-refractivity contribution is 0.400. The number of hydrogen-bond acceptors (Lipinski definition) is 5. The summed E-state index contributed by atoms with van der Waals surface area (Å²) in [5.74, 6) is 6.30. The van der Waals surface area contributed by atoms with Crippen LogP contribution in [-0.2, 0) is 6.54 Å². The van der Waals surface area contributed by atoms with Crippen LogP contribution in [0.4, 0.5) is 0 Å². The highest BCUT2D eigenvalue weighted by Gasteiger charge is 2.25. The van der Waals surface area contributed by atoms with Crippen LogP contribution in [0.5, 0.6) is 0 Å². The number of allylic oxidation sites excluding steroid dienone is 2. The summed E-state index contributed by atoms with van der Waals surface area (Å²) in [6.07, 6.45) is 6.52. The standard InChI is InChI=1S/C18H25N5/c1-22-12-13-6-2-3-7-14(13)18(23(21)11-10-19)17(20)15-8-4-5-9-16(15)22/h2-3,6-9H,4-5,10-12,19-21H2,1H3/b18-17-. The number of rotatable bonds is 3. The Kier molecular flexibility index (Phi) is 4.41. The zero-order chi connectivity index (χ0) is 16.4. The van der Waals surface area contributed by atoms with Crippen LogP contribution in [0.25, 0.3) is 5.70 Å². The lowest BCUT2D eigenvalue weighted by Crippen LogP contribution is -2.37. The molecule has 1 aliphatic carbocycles. The van der Waals surface area contributed by atoms with Crippen molar-refractivity contribution in [2.45, 2.75) is 19.4 Å². The van der Waals surface area contributed by atoms with Crippen molar-refractivity contribution in [1.82, 2.24) is 9.91 Å². The highest BCUT2D eigenvalue weighted by atomic mass is 15.4. The summed E-state index contributed by atoms with van der Waals surface area (Å²) in [5, 5.41) is 1.69. The fourth-order valence-corrected chi connectivity index (χ4v) is 3.33. The first-order valence-electron chi connectivity index (χ1n) is 8.06. The molecule has 5 nitrogen and oxygen atoms in total. The number of benzene rings is 1. The molecule has 3 rings (SSSR count). The quantitative estimate of drug-likeness (QED) is 0.582. The Balaban J connectivity index is 2.23. The molecule has 23 heavy (non-hydrogen) atoms. The van der Waals surface area contributed by atoms with E-state index in [2.05, 4.69) is 42.3 Å². The van der Waals surface area contributed by atoms with E-state index >= 15 is 0 Å². The highest BCUT2D eigenvalue weighted by molar-refractivity contribution is 5.75. The number of hydrogen-bond donors (Lipinski definition) is 3. The van der Waals surface area contributed by atoms with Gasteiger partial charge in [0.15, 0.2) is 0 Å². The van der Waals surface area contributed by atoms with Crippen molar-refractivity contribution in [1.29, 1.82) is 0 Å². The molecule has 0 saturated heterocycles. The first-order valence-corrected chi connectivity index (χ1v) is 8.06. The minimum absolute atomic E-state index is 0.483. The molecule has 0 aromatic heterocycles. The smallest absolute Gasteiger partial charge is 0.0829 e. The Morgan fingerprint density at radius 1 is 1.17 bits per heavy atom. The average Bonchev–Trinajstić information content (AvgIpc) is 2.56. The molecule has 1 aromatic rings. The largest absolute Gasteiger partial charge is 0.396 e. The summed E-state index contributed by atoms with van der Waals surface area (Å²) in [6, 6.07) is 8.29. The first-order chi connectivity index (χ1) is 11.1. The summed E-state index contributed by atoms with van der Waals surface area (Å²) in [4.78, 5) is 2.26. The summed E-state index contributed by atoms with van der Waals surface area (Å²) >= 11 is 0. The molecule has 2 aliphatic rings. The molecular weight excluding hydrogens is 286 g/mol. The van der Waals surface area contributed by atoms with E-state index in [1.165, 1.54) is 11.3 Å². The monoisotopic (exact) mass is 311 g/mol. The average molecular weight is 311 g/mol. The summed E-state index contributed by atoms with van der Waals surface area (Å²) in [5.41, 5.74) is 18.5. The Bertz CT molecular complexity index is 686. The van der Waals surface area contributed by atoms with Gasteiger partial charge in [0.25, 0.3) is 0 Å². The van der Waals surface area contributed by atoms with Crippen molar-refractivity contribution in [3.63, 3.8) is 0 Å². The molecule has 1 aliphatic heterocycles. The van der Waals surface area contributed by atoms with E-state index in [-0.39, 0.29) is 0 Å². The van der Waals surface area contributed by atoms with Gasteiger partial charge >= 0.3 is 0 Å². The summed E-state index contributed by atoms with van der Waals surface area (Å²) in [6.45, 7) is 1.87. The van der Waals surface area contributed by atoms with E-state index in [1.807, 2.05) is 6.07 Å². The van der Waals surface area contributed by atoms with Gasteiger partial charge in [-0.3, -0.25) is 0 Å². The van der Waals surface area contributed by atoms with Gasteiger partial charge in [0.05, 0.1) is 11.4 Å². The Labute approximate surface area is 137 Å². The molecule has 122 valence electrons. The number of nitrogens with zero attached hydrogens (tertiary/aromatic N) is 2. The van der Waals surface area contributed by atoms with Crippen LogP contribution in [0.1, 0.15) is 24.0 Å². The van der Waals surface area contributed by atoms with E-state index < -0.39 is 0 Å². The maximum absolute atomic E-state index is 6.59. The molecule has 0 bridgehead atoms. The fraction of sp³-hybridized carbons (Fsp3) is 0.333. The Morgan fingerprint density at radius 3 is 2.70 bits per heavy atom. The second kappa shape index (κ2) is 6.48. The summed E-state index contributed by atoms with van der Waals surface area (Å²) < 4.78 is 0. The second-order valence-electron chi connectivity index (χ2n) is 6.04. The van der Waals surface area contributed by atoms with Crippen LogP contribution in [0.2, 0.25) is 0 Å². The molecule has 1 aromatic carbocycles. The number of likely N-dealkylation sites (N-methyl/N-ethyl adjacent to an activating group) is 1. The highest BCUT2D eigenvalue weighted by Crippen LogP contribution is 2.35. The van der Waals surface area contributed by atoms with Crippen molar-refractivity contribution in [2.24, 2.45) is 17.3 Å². The van der Waals surface area contributed by atoms with Gasteiger partial charge in [0.1, 0.15) is 0 Å². The molecule has 0 radical (unpaired) electrons. The predicted octanol–water partition coefficient (Wildman–Crippen LogP) is 1.50. The molecule has 0 atom stereocenters. The van der Waals surface area contributed by atoms with Crippen LogP contribution in [0, 0.1) is 0 Å². The normalized spacial score (nSPS) is 20.7. The van der Waals surface area contributed by atoms with Crippen LogP contribution >= 0.6 is 0 Å². The third kappa shape index (κ3) is 2.85. The maximum atomic E-state index is 6.59. The molecular formula is C18H25N5. The van der Waals surface area contributed by atoms with E-state index in [0.29, 0.717) is 13.1 Å². The maximum Gasteiger partial charge on any atom is 0.0829 e. The van der Waals surface area contributed by atoms with Gasteiger partial charge in [-0.15, -0.1) is 0 Å². The van der Waals surface area contributed by atoms with E-state index in [4.69, 9.17) is 17.3 Å². The van der Waals surface area contributed by atoms with Gasteiger partial charge in [-0.25, -0.2) is 5.84 Å². The van der Waals surface area contributed by atoms with E-state index in [0.717, 1.165) is 41.9 Å². The third-order valence-electron chi connectivity index (χ3n) is 4.42. The lowest BCUT2D eigenvalue weighted by Gasteiger charge is -2.34. The van der Waals surface area contributed by atoms with Crippen molar-refractivity contribution >= 4 is 5.70 Å². The third-order valence-corrected chi connectivity index (χ3v) is 4.42. The van der Waals surface area contributed by atoms with Crippen molar-refractivity contribution in [2.75, 3.05) is 20.1 Å². The Hall–Kier alpha value is -2.24. The minimum Gasteiger partial charge on any atom is -0.396 e. The van der Waals surface area contributed by atoms with Gasteiger partial charge in [-0.1, -0.05) is 36.4 Å². The van der Waals surface area contributed by atoms with Gasteiger partial charge in [0.2, 0.25) is 0 Å². The molecule has 0 spiro atoms. The van der Waals surface area contributed by atoms with Crippen LogP contribution < -0.4 is 17.3 Å². The van der Waals surface area contributed by atoms with Gasteiger partial charge in [-0.05, 0) is 18.4 Å². The fourth-order valence-electron chi connectivity index (χ4n) is 3.33. The van der Waals surface area contributed by atoms with Crippen molar-refractivity contribution in [3.8, 4) is 0 Å². The lowest BCUT2D eigenvalue weighted by atomic mass is 9.92. The zero-order valence-corrected chi connectivity index (χ0v) is 13.6. The van der Waals surface area contributed by atoms with Crippen LogP contribution in [0.3, 0.4) is 0 Å². The number of fused-ring (bicyclic) bond motifs is 2. The van der Waals surface area contributed by atoms with E-state index in [1.54, 1.807) is 5.01 Å². The topological polar surface area (TPSA) is 84.5 Å². The molecule has 6 N–H and O–H groups in total. The number of nitrogens with two attached hydrogens (primary N) is 3. The minimum atomic E-state index is 0.483. The SMILES string of the molecule is CN1Cc2ccccc2/C(N(N)CCN)=C(/N)C2=CCCC=C21. The Morgan fingerprint density at radius 2 is 1.91 bits per heavy atom. The second-order valence-corrected chi connectivity index (χ2v) is 6.04. The first kappa shape index (κ1) is 15.6. The summed E-state index contributed by atoms with van der Waals surface area (Å²) in [7, 11) is 2.11. The molecule has 1 heterocycles. The molecule has 5 heteroatoms. The van der Waals surface area contributed by atoms with Crippen molar-refractivity contribution < 1.29 is 0 Å². The van der Waals surface area contributed by atoms with Crippen LogP contribution in [0.15, 0.2) is 53.4 Å². The predicted molar refractivity (Wildman–Crippen MR) is 94.4 cm³/mol. The van der Waals surface area contributed by atoms with Gasteiger partial charge < -0.3 is 21.4 Å². The van der Waals surface area contributed by atoms with Gasteiger partial charge in [-0.2, -0.15) is 0 Å². The van der Waals surface area contributed by atoms with Crippen molar-refractivity contribution in [3.05, 3.63) is 64.5 Å². The molecule has 0 amide bonds. The number of hydrazine groups is 1. The van der Waals surface area contributed by atoms with E-state index in [9.17, 15) is 0 Å². The molecule has 0 saturated carbocycles. The molecule has 0 fully saturated rings. The molecule has 0 unspecified atom stereocenters.